The van der Waals surface area contributed by atoms with E-state index in [-0.39, 0.29) is 5.82 Å². The average Bonchev–Trinajstić information content (AvgIpc) is 3.19. The molecule has 0 aliphatic heterocycles. The minimum absolute atomic E-state index is 0.335. The Morgan fingerprint density at radius 1 is 1.25 bits per heavy atom. The van der Waals surface area contributed by atoms with Crippen LogP contribution in [0.1, 0.15) is 18.9 Å². The van der Waals surface area contributed by atoms with E-state index in [2.05, 4.69) is 14.5 Å². The molecule has 0 amide bonds. The SMILES string of the molecule is Nc1cc(F)ccc1-c1nc2cccnc2n1C1CC1. The minimum Gasteiger partial charge on any atom is -0.398 e. The molecular weight excluding hydrogens is 255 g/mol. The summed E-state index contributed by atoms with van der Waals surface area (Å²) in [5.41, 5.74) is 8.83. The van der Waals surface area contributed by atoms with E-state index < -0.39 is 0 Å². The number of halogens is 1. The second-order valence-corrected chi connectivity index (χ2v) is 5.11. The maximum atomic E-state index is 13.2. The number of benzene rings is 1. The molecule has 4 nitrogen and oxygen atoms in total. The molecule has 1 fully saturated rings. The summed E-state index contributed by atoms with van der Waals surface area (Å²) in [4.78, 5) is 9.05. The van der Waals surface area contributed by atoms with Gasteiger partial charge in [-0.3, -0.25) is 0 Å². The highest BCUT2D eigenvalue weighted by Gasteiger charge is 2.29. The summed E-state index contributed by atoms with van der Waals surface area (Å²) in [6.45, 7) is 0. The van der Waals surface area contributed by atoms with Crippen LogP contribution in [0.2, 0.25) is 0 Å². The topological polar surface area (TPSA) is 56.7 Å². The zero-order valence-electron chi connectivity index (χ0n) is 10.8. The minimum atomic E-state index is -0.335. The van der Waals surface area contributed by atoms with Crippen molar-refractivity contribution >= 4 is 16.9 Å². The zero-order valence-corrected chi connectivity index (χ0v) is 10.8. The van der Waals surface area contributed by atoms with Crippen LogP contribution in [0.5, 0.6) is 0 Å². The largest absolute Gasteiger partial charge is 0.398 e. The summed E-state index contributed by atoms with van der Waals surface area (Å²) in [5.74, 6) is 0.442. The van der Waals surface area contributed by atoms with E-state index in [0.29, 0.717) is 11.7 Å². The average molecular weight is 268 g/mol. The number of anilines is 1. The van der Waals surface area contributed by atoms with Crippen molar-refractivity contribution < 1.29 is 4.39 Å². The van der Waals surface area contributed by atoms with Crippen molar-refractivity contribution in [2.24, 2.45) is 0 Å². The standard InChI is InChI=1S/C15H13FN4/c16-9-3-6-11(12(17)8-9)14-19-13-2-1-7-18-15(13)20(14)10-4-5-10/h1-3,6-8,10H,4-5,17H2. The van der Waals surface area contributed by atoms with Crippen LogP contribution < -0.4 is 5.73 Å². The summed E-state index contributed by atoms with van der Waals surface area (Å²) < 4.78 is 15.3. The normalized spacial score (nSPS) is 14.8. The van der Waals surface area contributed by atoms with Crippen LogP contribution in [0, 0.1) is 5.82 Å². The first-order chi connectivity index (χ1) is 9.74. The number of hydrogen-bond acceptors (Lipinski definition) is 3. The third-order valence-corrected chi connectivity index (χ3v) is 3.62. The van der Waals surface area contributed by atoms with Gasteiger partial charge in [-0.05, 0) is 43.2 Å². The molecule has 0 atom stereocenters. The van der Waals surface area contributed by atoms with E-state index >= 15 is 0 Å². The zero-order chi connectivity index (χ0) is 13.7. The Balaban J connectivity index is 2.01. The van der Waals surface area contributed by atoms with E-state index in [4.69, 9.17) is 5.73 Å². The highest BCUT2D eigenvalue weighted by molar-refractivity contribution is 5.81. The third-order valence-electron chi connectivity index (χ3n) is 3.62. The van der Waals surface area contributed by atoms with Gasteiger partial charge < -0.3 is 10.3 Å². The third kappa shape index (κ3) is 1.66. The molecule has 0 unspecified atom stereocenters. The van der Waals surface area contributed by atoms with Crippen LogP contribution in [0.3, 0.4) is 0 Å². The van der Waals surface area contributed by atoms with E-state index in [1.165, 1.54) is 12.1 Å². The Bertz CT molecular complexity index is 805. The molecule has 2 aromatic heterocycles. The molecule has 2 N–H and O–H groups in total. The van der Waals surface area contributed by atoms with Gasteiger partial charge in [-0.1, -0.05) is 0 Å². The molecule has 5 heteroatoms. The van der Waals surface area contributed by atoms with Crippen LogP contribution in [0.15, 0.2) is 36.5 Å². The lowest BCUT2D eigenvalue weighted by molar-refractivity contribution is 0.628. The first-order valence-corrected chi connectivity index (χ1v) is 6.62. The van der Waals surface area contributed by atoms with Gasteiger partial charge in [-0.25, -0.2) is 14.4 Å². The number of pyridine rings is 1. The number of imidazole rings is 1. The van der Waals surface area contributed by atoms with Gasteiger partial charge in [0.1, 0.15) is 17.2 Å². The number of nitrogen functional groups attached to an aromatic ring is 1. The fourth-order valence-electron chi connectivity index (χ4n) is 2.54. The van der Waals surface area contributed by atoms with Gasteiger partial charge in [0.25, 0.3) is 0 Å². The molecule has 4 rings (SSSR count). The molecule has 100 valence electrons. The van der Waals surface area contributed by atoms with E-state index in [1.54, 1.807) is 12.3 Å². The summed E-state index contributed by atoms with van der Waals surface area (Å²) in [6, 6.07) is 8.66. The van der Waals surface area contributed by atoms with Crippen molar-refractivity contribution in [3.05, 3.63) is 42.3 Å². The van der Waals surface area contributed by atoms with Gasteiger partial charge in [-0.15, -0.1) is 0 Å². The maximum Gasteiger partial charge on any atom is 0.160 e. The van der Waals surface area contributed by atoms with Crippen LogP contribution in [0.25, 0.3) is 22.6 Å². The molecule has 0 bridgehead atoms. The number of rotatable bonds is 2. The predicted octanol–water partition coefficient (Wildman–Crippen LogP) is 3.15. The van der Waals surface area contributed by atoms with Gasteiger partial charge in [-0.2, -0.15) is 0 Å². The van der Waals surface area contributed by atoms with Gasteiger partial charge in [0.2, 0.25) is 0 Å². The number of aromatic nitrogens is 3. The fraction of sp³-hybridized carbons (Fsp3) is 0.200. The summed E-state index contributed by atoms with van der Waals surface area (Å²) in [7, 11) is 0. The molecule has 0 saturated heterocycles. The molecule has 1 aromatic carbocycles. The molecule has 0 radical (unpaired) electrons. The predicted molar refractivity (Wildman–Crippen MR) is 75.6 cm³/mol. The van der Waals surface area contributed by atoms with Crippen molar-refractivity contribution in [2.45, 2.75) is 18.9 Å². The molecule has 20 heavy (non-hydrogen) atoms. The van der Waals surface area contributed by atoms with E-state index in [1.807, 2.05) is 12.1 Å². The van der Waals surface area contributed by atoms with Crippen LogP contribution in [-0.2, 0) is 0 Å². The second kappa shape index (κ2) is 4.03. The van der Waals surface area contributed by atoms with Crippen molar-refractivity contribution in [3.63, 3.8) is 0 Å². The lowest BCUT2D eigenvalue weighted by atomic mass is 10.1. The van der Waals surface area contributed by atoms with Crippen molar-refractivity contribution in [1.82, 2.24) is 14.5 Å². The smallest absolute Gasteiger partial charge is 0.160 e. The van der Waals surface area contributed by atoms with Crippen LogP contribution in [0.4, 0.5) is 10.1 Å². The number of nitrogens with two attached hydrogens (primary N) is 1. The Kier molecular flexibility index (Phi) is 2.30. The van der Waals surface area contributed by atoms with Gasteiger partial charge >= 0.3 is 0 Å². The highest BCUT2D eigenvalue weighted by Crippen LogP contribution is 2.41. The Morgan fingerprint density at radius 3 is 2.85 bits per heavy atom. The monoisotopic (exact) mass is 268 g/mol. The molecule has 1 aliphatic rings. The number of fused-ring (bicyclic) bond motifs is 1. The van der Waals surface area contributed by atoms with Crippen LogP contribution >= 0.6 is 0 Å². The molecule has 1 aliphatic carbocycles. The number of nitrogens with zero attached hydrogens (tertiary/aromatic N) is 3. The van der Waals surface area contributed by atoms with Gasteiger partial charge in [0.05, 0.1) is 0 Å². The highest BCUT2D eigenvalue weighted by atomic mass is 19.1. The van der Waals surface area contributed by atoms with E-state index in [9.17, 15) is 4.39 Å². The van der Waals surface area contributed by atoms with Gasteiger partial charge in [0.15, 0.2) is 5.65 Å². The summed E-state index contributed by atoms with van der Waals surface area (Å²) >= 11 is 0. The molecule has 2 heterocycles. The van der Waals surface area contributed by atoms with Gasteiger partial charge in [0, 0.05) is 23.5 Å². The molecule has 3 aromatic rings. The fourth-order valence-corrected chi connectivity index (χ4v) is 2.54. The van der Waals surface area contributed by atoms with Crippen LogP contribution in [-0.4, -0.2) is 14.5 Å². The van der Waals surface area contributed by atoms with Crippen molar-refractivity contribution in [2.75, 3.05) is 5.73 Å². The Morgan fingerprint density at radius 2 is 2.10 bits per heavy atom. The first-order valence-electron chi connectivity index (χ1n) is 6.62. The quantitative estimate of drug-likeness (QED) is 0.726. The van der Waals surface area contributed by atoms with Crippen molar-refractivity contribution in [3.8, 4) is 11.4 Å². The Labute approximate surface area is 115 Å². The first kappa shape index (κ1) is 11.4. The molecule has 0 spiro atoms. The molecule has 1 saturated carbocycles. The maximum absolute atomic E-state index is 13.2. The Hall–Kier alpha value is -2.43. The van der Waals surface area contributed by atoms with E-state index in [0.717, 1.165) is 35.4 Å². The lowest BCUT2D eigenvalue weighted by Crippen LogP contribution is -2.01. The summed E-state index contributed by atoms with van der Waals surface area (Å²) in [5, 5.41) is 0. The second-order valence-electron chi connectivity index (χ2n) is 5.11. The number of hydrogen-bond donors (Lipinski definition) is 1. The lowest BCUT2D eigenvalue weighted by Gasteiger charge is -2.09. The van der Waals surface area contributed by atoms with Crippen molar-refractivity contribution in [1.29, 1.82) is 0 Å². The summed E-state index contributed by atoms with van der Waals surface area (Å²) in [6.07, 6.45) is 4.01. The molecular formula is C15H13FN4.